The minimum Gasteiger partial charge on any atom is -0.481 e. The number of benzene rings is 1. The van der Waals surface area contributed by atoms with Crippen molar-refractivity contribution in [3.05, 3.63) is 63.8 Å². The van der Waals surface area contributed by atoms with E-state index in [4.69, 9.17) is 26.8 Å². The highest BCUT2D eigenvalue weighted by Crippen LogP contribution is 2.34. The Labute approximate surface area is 233 Å². The molecule has 2 aromatic heterocycles. The monoisotopic (exact) mass is 577 g/mol. The van der Waals surface area contributed by atoms with Gasteiger partial charge in [-0.25, -0.2) is 4.79 Å². The first-order valence-corrected chi connectivity index (χ1v) is 13.7. The second-order valence-corrected chi connectivity index (χ2v) is 10.7. The van der Waals surface area contributed by atoms with Crippen molar-refractivity contribution >= 4 is 57.5 Å². The first-order chi connectivity index (χ1) is 18.0. The molecule has 1 aromatic carbocycles. The van der Waals surface area contributed by atoms with Gasteiger partial charge >= 0.3 is 5.97 Å². The zero-order chi connectivity index (χ0) is 28.0. The van der Waals surface area contributed by atoms with Crippen molar-refractivity contribution in [2.75, 3.05) is 11.1 Å². The third-order valence-electron chi connectivity index (χ3n) is 5.06. The predicted molar refractivity (Wildman–Crippen MR) is 148 cm³/mol. The largest absolute Gasteiger partial charge is 0.481 e. The van der Waals surface area contributed by atoms with Gasteiger partial charge in [0.05, 0.1) is 27.3 Å². The number of halogens is 1. The number of carbonyl (C=O) groups is 3. The molecule has 0 aliphatic rings. The lowest BCUT2D eigenvalue weighted by Crippen LogP contribution is -2.18. The van der Waals surface area contributed by atoms with Gasteiger partial charge in [0.15, 0.2) is 17.1 Å². The summed E-state index contributed by atoms with van der Waals surface area (Å²) < 4.78 is 13.1. The van der Waals surface area contributed by atoms with Crippen LogP contribution in [0.15, 0.2) is 42.1 Å². The van der Waals surface area contributed by atoms with E-state index in [9.17, 15) is 14.4 Å². The average molecular weight is 578 g/mol. The third kappa shape index (κ3) is 6.94. The normalized spacial score (nSPS) is 11.7. The number of hydrogen-bond acceptors (Lipinski definition) is 9. The molecule has 202 valence electrons. The van der Waals surface area contributed by atoms with Crippen LogP contribution < -0.4 is 15.8 Å². The Bertz CT molecular complexity index is 1350. The van der Waals surface area contributed by atoms with Gasteiger partial charge in [-0.1, -0.05) is 41.6 Å². The van der Waals surface area contributed by atoms with Crippen molar-refractivity contribution in [3.8, 4) is 5.75 Å². The van der Waals surface area contributed by atoms with Gasteiger partial charge in [0.1, 0.15) is 10.8 Å². The van der Waals surface area contributed by atoms with Crippen LogP contribution in [0.3, 0.4) is 0 Å². The smallest absolute Gasteiger partial charge is 0.341 e. The molecule has 2 amide bonds. The van der Waals surface area contributed by atoms with Gasteiger partial charge in [-0.2, -0.15) is 0 Å². The van der Waals surface area contributed by atoms with Gasteiger partial charge < -0.3 is 20.5 Å². The highest BCUT2D eigenvalue weighted by Gasteiger charge is 2.27. The van der Waals surface area contributed by atoms with Crippen molar-refractivity contribution in [1.29, 1.82) is 0 Å². The SMILES string of the molecule is C=CCn1c(SCC(=O)Nc2sc(C(N)=O)c(C)c2C(=O)OC(C)C)nnc1C(C)Oc1ccccc1Cl. The Morgan fingerprint density at radius 1 is 1.26 bits per heavy atom. The number of ether oxygens (including phenoxy) is 2. The summed E-state index contributed by atoms with van der Waals surface area (Å²) in [4.78, 5) is 37.5. The highest BCUT2D eigenvalue weighted by molar-refractivity contribution is 7.99. The number of amides is 2. The van der Waals surface area contributed by atoms with Crippen LogP contribution >= 0.6 is 34.7 Å². The topological polar surface area (TPSA) is 138 Å². The summed E-state index contributed by atoms with van der Waals surface area (Å²) in [5.41, 5.74) is 5.92. The van der Waals surface area contributed by atoms with E-state index in [0.717, 1.165) is 23.1 Å². The molecule has 2 heterocycles. The van der Waals surface area contributed by atoms with Gasteiger partial charge in [-0.05, 0) is 45.4 Å². The molecule has 1 unspecified atom stereocenters. The second-order valence-electron chi connectivity index (χ2n) is 8.35. The molecule has 0 spiro atoms. The molecule has 13 heteroatoms. The van der Waals surface area contributed by atoms with Crippen LogP contribution in [0.2, 0.25) is 5.02 Å². The molecule has 3 aromatic rings. The predicted octanol–water partition coefficient (Wildman–Crippen LogP) is 5.02. The molecule has 0 aliphatic carbocycles. The minimum atomic E-state index is -0.695. The number of allylic oxidation sites excluding steroid dienone is 1. The van der Waals surface area contributed by atoms with E-state index >= 15 is 0 Å². The molecule has 1 atom stereocenters. The lowest BCUT2D eigenvalue weighted by atomic mass is 10.1. The van der Waals surface area contributed by atoms with E-state index in [1.54, 1.807) is 43.5 Å². The Hall–Kier alpha value is -3.35. The number of nitrogens with zero attached hydrogens (tertiary/aromatic N) is 3. The maximum atomic E-state index is 12.9. The Morgan fingerprint density at radius 3 is 2.61 bits per heavy atom. The van der Waals surface area contributed by atoms with Crippen LogP contribution in [0.4, 0.5) is 5.00 Å². The molecule has 0 saturated carbocycles. The molecular weight excluding hydrogens is 550 g/mol. The Kier molecular flexibility index (Phi) is 9.95. The lowest BCUT2D eigenvalue weighted by Gasteiger charge is -2.16. The van der Waals surface area contributed by atoms with Gasteiger partial charge in [0, 0.05) is 6.54 Å². The number of aromatic nitrogens is 3. The molecule has 3 rings (SSSR count). The lowest BCUT2D eigenvalue weighted by molar-refractivity contribution is -0.113. The molecule has 0 bridgehead atoms. The van der Waals surface area contributed by atoms with E-state index in [1.165, 1.54) is 0 Å². The van der Waals surface area contributed by atoms with E-state index in [1.807, 2.05) is 19.1 Å². The second kappa shape index (κ2) is 12.9. The molecular formula is C25H28ClN5O5S2. The number of thioether (sulfide) groups is 1. The maximum Gasteiger partial charge on any atom is 0.341 e. The van der Waals surface area contributed by atoms with E-state index in [0.29, 0.717) is 33.9 Å². The fraction of sp³-hybridized carbons (Fsp3) is 0.320. The van der Waals surface area contributed by atoms with Crippen molar-refractivity contribution in [1.82, 2.24) is 14.8 Å². The number of anilines is 1. The number of thiophene rings is 1. The molecule has 38 heavy (non-hydrogen) atoms. The number of nitrogens with one attached hydrogen (secondary N) is 1. The number of esters is 1. The van der Waals surface area contributed by atoms with E-state index in [-0.39, 0.29) is 27.3 Å². The standard InChI is InChI=1S/C25H28ClN5O5S2/c1-6-11-31-22(15(5)36-17-10-8-7-9-16(17)26)29-30-25(31)37-12-18(32)28-23-19(24(34)35-13(2)3)14(4)20(38-23)21(27)33/h6-10,13,15H,1,11-12H2,2-5H3,(H2,27,33)(H,28,32). The number of nitrogens with two attached hydrogens (primary N) is 1. The van der Waals surface area contributed by atoms with Gasteiger partial charge in [-0.3, -0.25) is 14.2 Å². The zero-order valence-corrected chi connectivity index (χ0v) is 23.7. The number of hydrogen-bond donors (Lipinski definition) is 2. The van der Waals surface area contributed by atoms with Crippen LogP contribution in [-0.2, 0) is 16.1 Å². The summed E-state index contributed by atoms with van der Waals surface area (Å²) in [6.07, 6.45) is 0.819. The first kappa shape index (κ1) is 29.2. The number of rotatable bonds is 12. The molecule has 10 nitrogen and oxygen atoms in total. The zero-order valence-electron chi connectivity index (χ0n) is 21.3. The van der Waals surface area contributed by atoms with Crippen molar-refractivity contribution in [3.63, 3.8) is 0 Å². The van der Waals surface area contributed by atoms with Crippen LogP contribution in [-0.4, -0.2) is 44.4 Å². The van der Waals surface area contributed by atoms with Crippen LogP contribution in [0.5, 0.6) is 5.75 Å². The van der Waals surface area contributed by atoms with Crippen LogP contribution in [0.25, 0.3) is 0 Å². The van der Waals surface area contributed by atoms with Crippen LogP contribution in [0, 0.1) is 6.92 Å². The van der Waals surface area contributed by atoms with Gasteiger partial charge in [0.25, 0.3) is 5.91 Å². The van der Waals surface area contributed by atoms with E-state index < -0.39 is 23.9 Å². The first-order valence-electron chi connectivity index (χ1n) is 11.5. The number of para-hydroxylation sites is 1. The van der Waals surface area contributed by atoms with E-state index in [2.05, 4.69) is 22.1 Å². The minimum absolute atomic E-state index is 0.0451. The molecule has 3 N–H and O–H groups in total. The van der Waals surface area contributed by atoms with Gasteiger partial charge in [-0.15, -0.1) is 28.1 Å². The quantitative estimate of drug-likeness (QED) is 0.174. The fourth-order valence-corrected chi connectivity index (χ4v) is 5.44. The average Bonchev–Trinajstić information content (AvgIpc) is 3.39. The summed E-state index contributed by atoms with van der Waals surface area (Å²) in [6.45, 7) is 11.0. The fourth-order valence-electron chi connectivity index (χ4n) is 3.44. The maximum absolute atomic E-state index is 12.9. The highest BCUT2D eigenvalue weighted by atomic mass is 35.5. The molecule has 0 saturated heterocycles. The summed E-state index contributed by atoms with van der Waals surface area (Å²) in [5.74, 6) is -0.758. The van der Waals surface area contributed by atoms with Crippen molar-refractivity contribution in [2.45, 2.75) is 51.6 Å². The number of carbonyl (C=O) groups excluding carboxylic acids is 3. The summed E-state index contributed by atoms with van der Waals surface area (Å²) >= 11 is 8.29. The van der Waals surface area contributed by atoms with Gasteiger partial charge in [0.2, 0.25) is 5.91 Å². The van der Waals surface area contributed by atoms with Crippen molar-refractivity contribution in [2.24, 2.45) is 5.73 Å². The Morgan fingerprint density at radius 2 is 1.97 bits per heavy atom. The van der Waals surface area contributed by atoms with Crippen LogP contribution in [0.1, 0.15) is 58.3 Å². The van der Waals surface area contributed by atoms with Crippen molar-refractivity contribution < 1.29 is 23.9 Å². The Balaban J connectivity index is 1.76. The molecule has 0 aliphatic heterocycles. The third-order valence-corrected chi connectivity index (χ3v) is 7.56. The molecule has 0 fully saturated rings. The number of primary amides is 1. The summed E-state index contributed by atoms with van der Waals surface area (Å²) in [6, 6.07) is 7.11. The molecule has 0 radical (unpaired) electrons. The summed E-state index contributed by atoms with van der Waals surface area (Å²) in [5, 5.41) is 12.3. The summed E-state index contributed by atoms with van der Waals surface area (Å²) in [7, 11) is 0.